The number of hydrogen-bond acceptors (Lipinski definition) is 3. The van der Waals surface area contributed by atoms with Gasteiger partial charge in [-0.15, -0.1) is 0 Å². The van der Waals surface area contributed by atoms with Crippen molar-refractivity contribution >= 4 is 44.2 Å². The third kappa shape index (κ3) is 4.47. The first-order valence-electron chi connectivity index (χ1n) is 8.54. The number of benzene rings is 3. The van der Waals surface area contributed by atoms with Crippen LogP contribution in [0.15, 0.2) is 91.0 Å². The Morgan fingerprint density at radius 3 is 1.37 bits per heavy atom. The summed E-state index contributed by atoms with van der Waals surface area (Å²) < 4.78 is 23.4. The molecule has 0 aliphatic carbocycles. The fraction of sp³-hybridized carbons (Fsp3) is 0.0909. The molecule has 0 spiro atoms. The van der Waals surface area contributed by atoms with Gasteiger partial charge in [-0.1, -0.05) is 91.0 Å². The van der Waals surface area contributed by atoms with Gasteiger partial charge in [0, 0.05) is 6.26 Å². The number of hydrogen-bond donors (Lipinski definition) is 0. The lowest BCUT2D eigenvalue weighted by Crippen LogP contribution is -2.29. The summed E-state index contributed by atoms with van der Waals surface area (Å²) in [4.78, 5) is 12.8. The number of ketones is 1. The van der Waals surface area contributed by atoms with Crippen LogP contribution in [0.3, 0.4) is 0 Å². The molecule has 0 N–H and O–H groups in total. The highest BCUT2D eigenvalue weighted by atomic mass is 32.2. The van der Waals surface area contributed by atoms with Crippen LogP contribution in [-0.4, -0.2) is 32.0 Å². The molecule has 3 aromatic carbocycles. The van der Waals surface area contributed by atoms with E-state index in [-0.39, 0.29) is 5.78 Å². The molecule has 0 aliphatic heterocycles. The van der Waals surface area contributed by atoms with E-state index >= 15 is 0 Å². The molecule has 0 fully saturated rings. The first-order chi connectivity index (χ1) is 12.9. The summed E-state index contributed by atoms with van der Waals surface area (Å²) in [6.07, 6.45) is 1.09. The van der Waals surface area contributed by atoms with Crippen LogP contribution in [-0.2, 0) is 14.6 Å². The number of sulfone groups is 1. The summed E-state index contributed by atoms with van der Waals surface area (Å²) in [5, 5.41) is 3.05. The van der Waals surface area contributed by atoms with E-state index in [1.54, 1.807) is 5.80 Å². The van der Waals surface area contributed by atoms with Gasteiger partial charge in [0.2, 0.25) is 0 Å². The highest BCUT2D eigenvalue weighted by Gasteiger charge is 2.26. The minimum Gasteiger partial charge on any atom is -0.294 e. The molecule has 0 aliphatic rings. The Labute approximate surface area is 160 Å². The van der Waals surface area contributed by atoms with E-state index < -0.39 is 22.5 Å². The zero-order valence-corrected chi connectivity index (χ0v) is 16.7. The summed E-state index contributed by atoms with van der Waals surface area (Å²) >= 11 is 0. The fourth-order valence-electron chi connectivity index (χ4n) is 3.17. The largest absolute Gasteiger partial charge is 0.294 e. The molecule has 0 bridgehead atoms. The van der Waals surface area contributed by atoms with Crippen molar-refractivity contribution in [2.24, 2.45) is 0 Å². The van der Waals surface area contributed by atoms with Crippen LogP contribution in [0.1, 0.15) is 0 Å². The molecule has 27 heavy (non-hydrogen) atoms. The highest BCUT2D eigenvalue weighted by Crippen LogP contribution is 2.43. The van der Waals surface area contributed by atoms with Gasteiger partial charge in [0.05, 0.1) is 0 Å². The molecule has 0 unspecified atom stereocenters. The van der Waals surface area contributed by atoms with Crippen LogP contribution in [0.4, 0.5) is 0 Å². The Hall–Kier alpha value is -2.42. The predicted octanol–water partition coefficient (Wildman–Crippen LogP) is 2.40. The maximum absolute atomic E-state index is 12.8. The molecule has 0 saturated carbocycles. The highest BCUT2D eigenvalue weighted by molar-refractivity contribution is 7.96. The summed E-state index contributed by atoms with van der Waals surface area (Å²) in [5.41, 5.74) is 0. The monoisotopic (exact) mass is 396 g/mol. The number of Topliss-reactive ketones (excluding diaryl/α,β-unsaturated/α-hetero) is 1. The SMILES string of the molecule is CS(=O)(=O)CC(=O)C=P(c1ccccc1)(c1ccccc1)c1ccccc1. The van der Waals surface area contributed by atoms with Crippen molar-refractivity contribution in [1.82, 2.24) is 0 Å². The molecule has 3 rings (SSSR count). The number of carbonyl (C=O) groups excluding carboxylic acids is 1. The molecule has 0 amide bonds. The van der Waals surface area contributed by atoms with Crippen molar-refractivity contribution < 1.29 is 13.2 Å². The van der Waals surface area contributed by atoms with Gasteiger partial charge in [0.1, 0.15) is 5.75 Å². The van der Waals surface area contributed by atoms with Crippen LogP contribution in [0.25, 0.3) is 0 Å². The van der Waals surface area contributed by atoms with E-state index in [9.17, 15) is 13.2 Å². The molecule has 138 valence electrons. The molecular weight excluding hydrogens is 375 g/mol. The predicted molar refractivity (Wildman–Crippen MR) is 116 cm³/mol. The average molecular weight is 396 g/mol. The zero-order chi connectivity index (χ0) is 19.3. The first-order valence-corrected chi connectivity index (χ1v) is 12.5. The van der Waals surface area contributed by atoms with Crippen molar-refractivity contribution in [3.8, 4) is 0 Å². The van der Waals surface area contributed by atoms with Crippen molar-refractivity contribution in [3.05, 3.63) is 91.0 Å². The molecule has 0 aromatic heterocycles. The van der Waals surface area contributed by atoms with Gasteiger partial charge < -0.3 is 0 Å². The molecule has 3 nitrogen and oxygen atoms in total. The Morgan fingerprint density at radius 2 is 1.07 bits per heavy atom. The summed E-state index contributed by atoms with van der Waals surface area (Å²) in [6, 6.07) is 29.6. The number of carbonyl (C=O) groups is 1. The second-order valence-corrected chi connectivity index (χ2v) is 11.8. The molecule has 3 aromatic rings. The Balaban J connectivity index is 2.38. The minimum atomic E-state index is -3.41. The fourth-order valence-corrected chi connectivity index (χ4v) is 7.69. The quantitative estimate of drug-likeness (QED) is 0.602. The van der Waals surface area contributed by atoms with E-state index in [4.69, 9.17) is 0 Å². The molecule has 0 saturated heterocycles. The van der Waals surface area contributed by atoms with Crippen molar-refractivity contribution in [2.45, 2.75) is 0 Å². The van der Waals surface area contributed by atoms with E-state index in [2.05, 4.69) is 0 Å². The van der Waals surface area contributed by atoms with Crippen LogP contribution < -0.4 is 15.9 Å². The third-order valence-corrected chi connectivity index (χ3v) is 9.05. The summed E-state index contributed by atoms with van der Waals surface area (Å²) in [6.45, 7) is -2.43. The minimum absolute atomic E-state index is 0.373. The molecule has 0 radical (unpaired) electrons. The van der Waals surface area contributed by atoms with Crippen molar-refractivity contribution in [1.29, 1.82) is 0 Å². The second-order valence-electron chi connectivity index (χ2n) is 6.39. The molecule has 0 heterocycles. The standard InChI is InChI=1S/C22H21O3PS/c1-27(24,25)18-19(23)17-26(20-11-5-2-6-12-20,21-13-7-3-8-14-21)22-15-9-4-10-16-22/h2-17H,18H2,1H3. The van der Waals surface area contributed by atoms with Gasteiger partial charge in [0.15, 0.2) is 15.6 Å². The Bertz CT molecular complexity index is 971. The van der Waals surface area contributed by atoms with Gasteiger partial charge in [0.25, 0.3) is 0 Å². The Morgan fingerprint density at radius 1 is 0.741 bits per heavy atom. The van der Waals surface area contributed by atoms with Crippen molar-refractivity contribution in [3.63, 3.8) is 0 Å². The summed E-state index contributed by atoms with van der Waals surface area (Å²) in [5.74, 6) is 0.803. The maximum atomic E-state index is 12.8. The van der Waals surface area contributed by atoms with E-state index in [0.717, 1.165) is 22.2 Å². The van der Waals surface area contributed by atoms with E-state index in [1.807, 2.05) is 91.0 Å². The average Bonchev–Trinajstić information content (AvgIpc) is 2.67. The van der Waals surface area contributed by atoms with Crippen LogP contribution >= 0.6 is 6.89 Å². The summed E-state index contributed by atoms with van der Waals surface area (Å²) in [7, 11) is -3.41. The lowest BCUT2D eigenvalue weighted by atomic mass is 10.4. The molecule has 5 heteroatoms. The van der Waals surface area contributed by atoms with Gasteiger partial charge in [-0.25, -0.2) is 8.42 Å². The molecule has 0 atom stereocenters. The van der Waals surface area contributed by atoms with E-state index in [1.165, 1.54) is 0 Å². The number of rotatable bonds is 6. The lowest BCUT2D eigenvalue weighted by molar-refractivity contribution is -0.110. The lowest BCUT2D eigenvalue weighted by Gasteiger charge is -2.28. The second kappa shape index (κ2) is 8.08. The van der Waals surface area contributed by atoms with Crippen LogP contribution in [0, 0.1) is 0 Å². The normalized spacial score (nSPS) is 11.7. The van der Waals surface area contributed by atoms with Crippen LogP contribution in [0.5, 0.6) is 0 Å². The van der Waals surface area contributed by atoms with Crippen molar-refractivity contribution in [2.75, 3.05) is 12.0 Å². The van der Waals surface area contributed by atoms with Gasteiger partial charge in [-0.05, 0) is 28.6 Å². The topological polar surface area (TPSA) is 51.2 Å². The zero-order valence-electron chi connectivity index (χ0n) is 15.0. The van der Waals surface area contributed by atoms with Gasteiger partial charge >= 0.3 is 0 Å². The van der Waals surface area contributed by atoms with Crippen LogP contribution in [0.2, 0.25) is 0 Å². The van der Waals surface area contributed by atoms with E-state index in [0.29, 0.717) is 0 Å². The Kier molecular flexibility index (Phi) is 5.79. The smallest absolute Gasteiger partial charge is 0.171 e. The molecular formula is C22H21O3PS. The maximum Gasteiger partial charge on any atom is 0.171 e. The first kappa shape index (κ1) is 19.3. The van der Waals surface area contributed by atoms with Gasteiger partial charge in [-0.2, -0.15) is 0 Å². The van der Waals surface area contributed by atoms with Gasteiger partial charge in [-0.3, -0.25) is 4.79 Å². The third-order valence-electron chi connectivity index (χ3n) is 4.23.